The summed E-state index contributed by atoms with van der Waals surface area (Å²) in [6, 6.07) is 12.4. The molecule has 4 nitrogen and oxygen atoms in total. The maximum Gasteiger partial charge on any atom is 0.488 e. The van der Waals surface area contributed by atoms with Crippen molar-refractivity contribution in [1.82, 2.24) is 0 Å². The SMILES string of the molecule is COc1ccc(B(O)O)c(COCc2ccccc2Cl)c1. The van der Waals surface area contributed by atoms with Gasteiger partial charge in [-0.3, -0.25) is 0 Å². The van der Waals surface area contributed by atoms with Gasteiger partial charge in [0.25, 0.3) is 0 Å². The van der Waals surface area contributed by atoms with Gasteiger partial charge in [0.15, 0.2) is 0 Å². The molecule has 2 rings (SSSR count). The number of hydrogen-bond donors (Lipinski definition) is 2. The predicted octanol–water partition coefficient (Wildman–Crippen LogP) is 1.75. The Kier molecular flexibility index (Phi) is 5.64. The number of rotatable bonds is 6. The topological polar surface area (TPSA) is 58.9 Å². The minimum atomic E-state index is -1.55. The fourth-order valence-corrected chi connectivity index (χ4v) is 2.16. The molecule has 0 saturated heterocycles. The van der Waals surface area contributed by atoms with Crippen LogP contribution in [-0.4, -0.2) is 24.3 Å². The van der Waals surface area contributed by atoms with Crippen LogP contribution in [0.3, 0.4) is 0 Å². The van der Waals surface area contributed by atoms with Crippen LogP contribution in [0.4, 0.5) is 0 Å². The Labute approximate surface area is 129 Å². The monoisotopic (exact) mass is 306 g/mol. The highest BCUT2D eigenvalue weighted by atomic mass is 35.5. The Hall–Kier alpha value is -1.53. The smallest absolute Gasteiger partial charge is 0.488 e. The molecule has 0 aliphatic rings. The van der Waals surface area contributed by atoms with Gasteiger partial charge in [-0.15, -0.1) is 0 Å². The molecule has 110 valence electrons. The van der Waals surface area contributed by atoms with E-state index < -0.39 is 7.12 Å². The van der Waals surface area contributed by atoms with E-state index >= 15 is 0 Å². The standard InChI is InChI=1S/C15H16BClO4/c1-20-13-6-7-14(16(18)19)12(8-13)10-21-9-11-4-2-3-5-15(11)17/h2-8,18-19H,9-10H2,1H3. The molecule has 0 aliphatic carbocycles. The highest BCUT2D eigenvalue weighted by Crippen LogP contribution is 2.17. The lowest BCUT2D eigenvalue weighted by Crippen LogP contribution is -2.33. The van der Waals surface area contributed by atoms with E-state index in [4.69, 9.17) is 21.1 Å². The Morgan fingerprint density at radius 1 is 1.05 bits per heavy atom. The van der Waals surface area contributed by atoms with Gasteiger partial charge in [0.2, 0.25) is 0 Å². The zero-order valence-electron chi connectivity index (χ0n) is 11.6. The lowest BCUT2D eigenvalue weighted by Gasteiger charge is -2.12. The summed E-state index contributed by atoms with van der Waals surface area (Å²) in [5.41, 5.74) is 1.94. The van der Waals surface area contributed by atoms with E-state index in [0.29, 0.717) is 28.4 Å². The second kappa shape index (κ2) is 7.47. The summed E-state index contributed by atoms with van der Waals surface area (Å²) in [4.78, 5) is 0. The molecule has 0 heterocycles. The van der Waals surface area contributed by atoms with Gasteiger partial charge in [0.1, 0.15) is 5.75 Å². The van der Waals surface area contributed by atoms with E-state index in [-0.39, 0.29) is 6.61 Å². The molecule has 0 saturated carbocycles. The average molecular weight is 307 g/mol. The van der Waals surface area contributed by atoms with Crippen LogP contribution in [0.15, 0.2) is 42.5 Å². The van der Waals surface area contributed by atoms with Gasteiger partial charge in [-0.05, 0) is 34.8 Å². The number of benzene rings is 2. The lowest BCUT2D eigenvalue weighted by molar-refractivity contribution is 0.107. The zero-order valence-corrected chi connectivity index (χ0v) is 12.4. The highest BCUT2D eigenvalue weighted by molar-refractivity contribution is 6.59. The van der Waals surface area contributed by atoms with Crippen LogP contribution in [0.1, 0.15) is 11.1 Å². The maximum absolute atomic E-state index is 9.37. The van der Waals surface area contributed by atoms with Gasteiger partial charge in [-0.25, -0.2) is 0 Å². The van der Waals surface area contributed by atoms with Crippen molar-refractivity contribution in [3.05, 3.63) is 58.6 Å². The van der Waals surface area contributed by atoms with E-state index in [1.807, 2.05) is 18.2 Å². The fraction of sp³-hybridized carbons (Fsp3) is 0.200. The summed E-state index contributed by atoms with van der Waals surface area (Å²) in [5, 5.41) is 19.4. The molecule has 0 aromatic heterocycles. The Balaban J connectivity index is 2.07. The highest BCUT2D eigenvalue weighted by Gasteiger charge is 2.16. The molecule has 0 spiro atoms. The van der Waals surface area contributed by atoms with Gasteiger partial charge < -0.3 is 19.5 Å². The third kappa shape index (κ3) is 4.22. The number of ether oxygens (including phenoxy) is 2. The van der Waals surface area contributed by atoms with Crippen LogP contribution in [0.25, 0.3) is 0 Å². The number of hydrogen-bond acceptors (Lipinski definition) is 4. The summed E-state index contributed by atoms with van der Waals surface area (Å²) < 4.78 is 10.7. The van der Waals surface area contributed by atoms with E-state index in [9.17, 15) is 10.0 Å². The van der Waals surface area contributed by atoms with Gasteiger partial charge in [0, 0.05) is 5.02 Å². The minimum absolute atomic E-state index is 0.232. The van der Waals surface area contributed by atoms with Crippen molar-refractivity contribution in [2.45, 2.75) is 13.2 Å². The first-order valence-electron chi connectivity index (χ1n) is 6.46. The molecular formula is C15H16BClO4. The van der Waals surface area contributed by atoms with Gasteiger partial charge in [0.05, 0.1) is 20.3 Å². The van der Waals surface area contributed by atoms with Crippen molar-refractivity contribution in [2.75, 3.05) is 7.11 Å². The minimum Gasteiger partial charge on any atom is -0.497 e. The van der Waals surface area contributed by atoms with Crippen molar-refractivity contribution in [3.8, 4) is 5.75 Å². The first kappa shape index (κ1) is 15.9. The van der Waals surface area contributed by atoms with Gasteiger partial charge in [-0.1, -0.05) is 35.9 Å². The fourth-order valence-electron chi connectivity index (χ4n) is 1.97. The molecule has 6 heteroatoms. The molecule has 0 bridgehead atoms. The lowest BCUT2D eigenvalue weighted by atomic mass is 9.77. The first-order chi connectivity index (χ1) is 10.1. The molecule has 0 amide bonds. The third-order valence-corrected chi connectivity index (χ3v) is 3.47. The largest absolute Gasteiger partial charge is 0.497 e. The Morgan fingerprint density at radius 2 is 1.76 bits per heavy atom. The van der Waals surface area contributed by atoms with Crippen molar-refractivity contribution in [3.63, 3.8) is 0 Å². The molecule has 0 aliphatic heterocycles. The quantitative estimate of drug-likeness (QED) is 0.798. The third-order valence-electron chi connectivity index (χ3n) is 3.10. The van der Waals surface area contributed by atoms with Crippen LogP contribution in [0.2, 0.25) is 5.02 Å². The average Bonchev–Trinajstić information content (AvgIpc) is 2.48. The van der Waals surface area contributed by atoms with Crippen LogP contribution < -0.4 is 10.2 Å². The van der Waals surface area contributed by atoms with Gasteiger partial charge >= 0.3 is 7.12 Å². The summed E-state index contributed by atoms with van der Waals surface area (Å²) >= 11 is 6.06. The van der Waals surface area contributed by atoms with Crippen LogP contribution in [-0.2, 0) is 18.0 Å². The van der Waals surface area contributed by atoms with Crippen LogP contribution >= 0.6 is 11.6 Å². The first-order valence-corrected chi connectivity index (χ1v) is 6.83. The molecule has 0 unspecified atom stereocenters. The van der Waals surface area contributed by atoms with E-state index in [1.54, 1.807) is 31.4 Å². The zero-order chi connectivity index (χ0) is 15.2. The molecule has 2 N–H and O–H groups in total. The van der Waals surface area contributed by atoms with Crippen LogP contribution in [0.5, 0.6) is 5.75 Å². The summed E-state index contributed by atoms with van der Waals surface area (Å²) in [5.74, 6) is 0.635. The summed E-state index contributed by atoms with van der Waals surface area (Å²) in [6.07, 6.45) is 0. The molecule has 2 aromatic rings. The number of methoxy groups -OCH3 is 1. The maximum atomic E-state index is 9.37. The van der Waals surface area contributed by atoms with Crippen molar-refractivity contribution in [2.24, 2.45) is 0 Å². The normalized spacial score (nSPS) is 10.5. The Morgan fingerprint density at radius 3 is 2.43 bits per heavy atom. The van der Waals surface area contributed by atoms with E-state index in [1.165, 1.54) is 0 Å². The van der Waals surface area contributed by atoms with E-state index in [2.05, 4.69) is 0 Å². The molecule has 0 radical (unpaired) electrons. The van der Waals surface area contributed by atoms with Gasteiger partial charge in [-0.2, -0.15) is 0 Å². The van der Waals surface area contributed by atoms with Crippen molar-refractivity contribution in [1.29, 1.82) is 0 Å². The van der Waals surface area contributed by atoms with Crippen molar-refractivity contribution >= 4 is 24.2 Å². The van der Waals surface area contributed by atoms with E-state index in [0.717, 1.165) is 5.56 Å². The molecule has 21 heavy (non-hydrogen) atoms. The van der Waals surface area contributed by atoms with Crippen LogP contribution in [0, 0.1) is 0 Å². The number of halogens is 1. The predicted molar refractivity (Wildman–Crippen MR) is 82.8 cm³/mol. The summed E-state index contributed by atoms with van der Waals surface area (Å²) in [7, 11) is 0.00786. The second-order valence-corrected chi connectivity index (χ2v) is 4.93. The molecule has 0 atom stereocenters. The molecule has 0 fully saturated rings. The van der Waals surface area contributed by atoms with Crippen molar-refractivity contribution < 1.29 is 19.5 Å². The molecule has 2 aromatic carbocycles. The summed E-state index contributed by atoms with van der Waals surface area (Å²) in [6.45, 7) is 0.577. The Bertz CT molecular complexity index is 604. The second-order valence-electron chi connectivity index (χ2n) is 4.52. The molecular weight excluding hydrogens is 290 g/mol.